The fourth-order valence-corrected chi connectivity index (χ4v) is 1.82. The van der Waals surface area contributed by atoms with Crippen LogP contribution in [0.25, 0.3) is 0 Å². The number of benzene rings is 1. The number of halogens is 1. The lowest BCUT2D eigenvalue weighted by molar-refractivity contribution is -0.141. The largest absolute Gasteiger partial charge is 0.493 e. The lowest BCUT2D eigenvalue weighted by atomic mass is 10.0. The molecule has 0 aliphatic rings. The Morgan fingerprint density at radius 3 is 2.84 bits per heavy atom. The first-order chi connectivity index (χ1) is 9.06. The van der Waals surface area contributed by atoms with Crippen LogP contribution in [0.1, 0.15) is 25.3 Å². The standard InChI is InChI=1S/C14H20ClNO3/c1-3-12(16)9-10-8-11(15)4-5-13(10)19-7-6-14(17)18-2/h4-5,8,12H,3,6-7,9,16H2,1-2H3. The van der Waals surface area contributed by atoms with E-state index in [9.17, 15) is 4.79 Å². The molecule has 0 heterocycles. The normalized spacial score (nSPS) is 12.0. The van der Waals surface area contributed by atoms with Crippen molar-refractivity contribution in [1.82, 2.24) is 0 Å². The molecule has 1 rings (SSSR count). The molecule has 0 fully saturated rings. The summed E-state index contributed by atoms with van der Waals surface area (Å²) in [6, 6.07) is 5.49. The summed E-state index contributed by atoms with van der Waals surface area (Å²) in [7, 11) is 1.36. The van der Waals surface area contributed by atoms with Crippen LogP contribution in [-0.4, -0.2) is 25.7 Å². The number of esters is 1. The maximum absolute atomic E-state index is 11.0. The summed E-state index contributed by atoms with van der Waals surface area (Å²) < 4.78 is 10.2. The zero-order valence-corrected chi connectivity index (χ0v) is 12.1. The number of nitrogens with two attached hydrogens (primary N) is 1. The highest BCUT2D eigenvalue weighted by Gasteiger charge is 2.10. The van der Waals surface area contributed by atoms with E-state index in [-0.39, 0.29) is 25.0 Å². The van der Waals surface area contributed by atoms with Crippen LogP contribution < -0.4 is 10.5 Å². The van der Waals surface area contributed by atoms with Gasteiger partial charge in [-0.15, -0.1) is 0 Å². The first kappa shape index (κ1) is 15.8. The summed E-state index contributed by atoms with van der Waals surface area (Å²) in [5.74, 6) is 0.429. The van der Waals surface area contributed by atoms with Crippen molar-refractivity contribution in [3.8, 4) is 5.75 Å². The highest BCUT2D eigenvalue weighted by molar-refractivity contribution is 6.30. The molecule has 1 atom stereocenters. The second kappa shape index (κ2) is 8.02. The summed E-state index contributed by atoms with van der Waals surface area (Å²) in [4.78, 5) is 11.0. The number of carbonyl (C=O) groups is 1. The molecule has 4 nitrogen and oxygen atoms in total. The second-order valence-electron chi connectivity index (χ2n) is 4.30. The van der Waals surface area contributed by atoms with Gasteiger partial charge >= 0.3 is 5.97 Å². The number of hydrogen-bond acceptors (Lipinski definition) is 4. The predicted octanol–water partition coefficient (Wildman–Crippen LogP) is 2.56. The number of rotatable bonds is 7. The van der Waals surface area contributed by atoms with Gasteiger partial charge in [-0.25, -0.2) is 0 Å². The topological polar surface area (TPSA) is 61.5 Å². The molecule has 106 valence electrons. The van der Waals surface area contributed by atoms with Crippen LogP contribution in [0.15, 0.2) is 18.2 Å². The van der Waals surface area contributed by atoms with Crippen molar-refractivity contribution in [2.75, 3.05) is 13.7 Å². The van der Waals surface area contributed by atoms with E-state index in [2.05, 4.69) is 4.74 Å². The fraction of sp³-hybridized carbons (Fsp3) is 0.500. The van der Waals surface area contributed by atoms with Crippen LogP contribution in [0.5, 0.6) is 5.75 Å². The van der Waals surface area contributed by atoms with Gasteiger partial charge in [-0.2, -0.15) is 0 Å². The highest BCUT2D eigenvalue weighted by Crippen LogP contribution is 2.24. The first-order valence-corrected chi connectivity index (χ1v) is 6.68. The van der Waals surface area contributed by atoms with Crippen molar-refractivity contribution in [2.24, 2.45) is 5.73 Å². The first-order valence-electron chi connectivity index (χ1n) is 6.30. The Bertz CT molecular complexity index is 423. The van der Waals surface area contributed by atoms with Gasteiger partial charge in [0.15, 0.2) is 0 Å². The third-order valence-corrected chi connectivity index (χ3v) is 3.06. The van der Waals surface area contributed by atoms with Gasteiger partial charge in [0.25, 0.3) is 0 Å². The van der Waals surface area contributed by atoms with Crippen molar-refractivity contribution in [2.45, 2.75) is 32.2 Å². The Balaban J connectivity index is 2.67. The lowest BCUT2D eigenvalue weighted by Gasteiger charge is -2.14. The number of methoxy groups -OCH3 is 1. The smallest absolute Gasteiger partial charge is 0.308 e. The van der Waals surface area contributed by atoms with Crippen molar-refractivity contribution in [3.05, 3.63) is 28.8 Å². The number of carbonyl (C=O) groups excluding carboxylic acids is 1. The molecule has 0 aliphatic heterocycles. The van der Waals surface area contributed by atoms with Crippen LogP contribution in [0, 0.1) is 0 Å². The molecule has 0 spiro atoms. The Kier molecular flexibility index (Phi) is 6.67. The quantitative estimate of drug-likeness (QED) is 0.782. The van der Waals surface area contributed by atoms with Gasteiger partial charge in [0.05, 0.1) is 20.1 Å². The molecule has 0 aliphatic carbocycles. The highest BCUT2D eigenvalue weighted by atomic mass is 35.5. The van der Waals surface area contributed by atoms with Crippen molar-refractivity contribution in [1.29, 1.82) is 0 Å². The average Bonchev–Trinajstić information content (AvgIpc) is 2.40. The molecule has 0 saturated carbocycles. The molecule has 0 radical (unpaired) electrons. The third kappa shape index (κ3) is 5.49. The SMILES string of the molecule is CCC(N)Cc1cc(Cl)ccc1OCCC(=O)OC. The van der Waals surface area contributed by atoms with Gasteiger partial charge in [-0.05, 0) is 36.6 Å². The molecule has 0 aromatic heterocycles. The molecule has 19 heavy (non-hydrogen) atoms. The summed E-state index contributed by atoms with van der Waals surface area (Å²) in [6.07, 6.45) is 1.80. The van der Waals surface area contributed by atoms with Crippen LogP contribution in [-0.2, 0) is 16.0 Å². The molecule has 0 bridgehead atoms. The molecule has 1 unspecified atom stereocenters. The molecule has 1 aromatic carbocycles. The number of hydrogen-bond donors (Lipinski definition) is 1. The van der Waals surface area contributed by atoms with Gasteiger partial charge in [-0.3, -0.25) is 4.79 Å². The van der Waals surface area contributed by atoms with Crippen LogP contribution in [0.2, 0.25) is 5.02 Å². The van der Waals surface area contributed by atoms with E-state index in [0.717, 1.165) is 17.7 Å². The Morgan fingerprint density at radius 1 is 1.47 bits per heavy atom. The van der Waals surface area contributed by atoms with Gasteiger partial charge in [0, 0.05) is 11.1 Å². The number of ether oxygens (including phenoxy) is 2. The Labute approximate surface area is 118 Å². The van der Waals surface area contributed by atoms with Crippen molar-refractivity contribution in [3.63, 3.8) is 0 Å². The minimum Gasteiger partial charge on any atom is -0.493 e. The summed E-state index contributed by atoms with van der Waals surface area (Å²) in [6.45, 7) is 2.32. The minimum atomic E-state index is -0.291. The monoisotopic (exact) mass is 285 g/mol. The summed E-state index contributed by atoms with van der Waals surface area (Å²) in [5, 5.41) is 0.652. The van der Waals surface area contributed by atoms with Gasteiger partial charge in [-0.1, -0.05) is 18.5 Å². The predicted molar refractivity (Wildman–Crippen MR) is 75.6 cm³/mol. The van der Waals surface area contributed by atoms with Gasteiger partial charge in [0.2, 0.25) is 0 Å². The van der Waals surface area contributed by atoms with Crippen molar-refractivity contribution < 1.29 is 14.3 Å². The Hall–Kier alpha value is -1.26. The molecular formula is C14H20ClNO3. The average molecular weight is 286 g/mol. The van der Waals surface area contributed by atoms with E-state index < -0.39 is 0 Å². The summed E-state index contributed by atoms with van der Waals surface area (Å²) >= 11 is 5.98. The lowest BCUT2D eigenvalue weighted by Crippen LogP contribution is -2.22. The maximum atomic E-state index is 11.0. The van der Waals surface area contributed by atoms with Gasteiger partial charge in [0.1, 0.15) is 5.75 Å². The molecule has 2 N–H and O–H groups in total. The van der Waals surface area contributed by atoms with Crippen LogP contribution in [0.3, 0.4) is 0 Å². The van der Waals surface area contributed by atoms with E-state index in [1.165, 1.54) is 7.11 Å². The van der Waals surface area contributed by atoms with E-state index in [1.807, 2.05) is 13.0 Å². The van der Waals surface area contributed by atoms with Crippen molar-refractivity contribution >= 4 is 17.6 Å². The molecular weight excluding hydrogens is 266 g/mol. The molecule has 0 amide bonds. The minimum absolute atomic E-state index is 0.0708. The third-order valence-electron chi connectivity index (χ3n) is 2.82. The van der Waals surface area contributed by atoms with E-state index in [0.29, 0.717) is 11.4 Å². The van der Waals surface area contributed by atoms with Crippen LogP contribution >= 0.6 is 11.6 Å². The van der Waals surface area contributed by atoms with E-state index >= 15 is 0 Å². The molecule has 1 aromatic rings. The van der Waals surface area contributed by atoms with Gasteiger partial charge < -0.3 is 15.2 Å². The van der Waals surface area contributed by atoms with E-state index in [1.54, 1.807) is 12.1 Å². The molecule has 5 heteroatoms. The van der Waals surface area contributed by atoms with E-state index in [4.69, 9.17) is 22.1 Å². The zero-order chi connectivity index (χ0) is 14.3. The summed E-state index contributed by atoms with van der Waals surface area (Å²) in [5.41, 5.74) is 6.91. The van der Waals surface area contributed by atoms with Crippen LogP contribution in [0.4, 0.5) is 0 Å². The Morgan fingerprint density at radius 2 is 2.21 bits per heavy atom. The molecule has 0 saturated heterocycles. The maximum Gasteiger partial charge on any atom is 0.308 e. The fourth-order valence-electron chi connectivity index (χ4n) is 1.62. The second-order valence-corrected chi connectivity index (χ2v) is 4.74. The zero-order valence-electron chi connectivity index (χ0n) is 11.3.